The molecule has 0 radical (unpaired) electrons. The number of nitrogens with one attached hydrogen (secondary N) is 1. The zero-order valence-electron chi connectivity index (χ0n) is 19.4. The third-order valence-electron chi connectivity index (χ3n) is 5.24. The number of ether oxygens (including phenoxy) is 1. The normalized spacial score (nSPS) is 23.4. The number of thioether (sulfide) groups is 1. The average molecular weight is 523 g/mol. The van der Waals surface area contributed by atoms with E-state index < -0.39 is 47.6 Å². The van der Waals surface area contributed by atoms with Crippen LogP contribution >= 0.6 is 19.3 Å². The number of carbonyl (C=O) groups is 4. The molecule has 0 aliphatic carbocycles. The summed E-state index contributed by atoms with van der Waals surface area (Å²) >= 11 is 1.06. The van der Waals surface area contributed by atoms with Crippen LogP contribution in [0.4, 0.5) is 0 Å². The third kappa shape index (κ3) is 4.75. The Morgan fingerprint density at radius 2 is 2.09 bits per heavy atom. The quantitative estimate of drug-likeness (QED) is 0.148. The number of hydrogen-bond donors (Lipinski definition) is 1. The van der Waals surface area contributed by atoms with Crippen molar-refractivity contribution in [3.8, 4) is 0 Å². The number of amides is 2. The maximum absolute atomic E-state index is 13.9. The van der Waals surface area contributed by atoms with E-state index in [-0.39, 0.29) is 53.9 Å². The Morgan fingerprint density at radius 3 is 2.59 bits per heavy atom. The number of hydrogen-bond acceptors (Lipinski definition) is 10. The van der Waals surface area contributed by atoms with Gasteiger partial charge in [-0.1, -0.05) is 0 Å². The molecular weight excluding hydrogens is 500 g/mol. The predicted octanol–water partition coefficient (Wildman–Crippen LogP) is -3.48. The Bertz CT molecular complexity index is 1060. The van der Waals surface area contributed by atoms with Crippen LogP contribution in [0.25, 0.3) is 0 Å². The van der Waals surface area contributed by atoms with Crippen LogP contribution in [-0.2, 0) is 39.4 Å². The van der Waals surface area contributed by atoms with E-state index in [2.05, 4.69) is 5.32 Å². The maximum atomic E-state index is 13.9. The summed E-state index contributed by atoms with van der Waals surface area (Å²) < 4.78 is 30.5. The van der Waals surface area contributed by atoms with Crippen molar-refractivity contribution in [1.29, 1.82) is 0 Å². The Hall–Kier alpha value is -1.60. The predicted molar refractivity (Wildman–Crippen MR) is 113 cm³/mol. The van der Waals surface area contributed by atoms with Gasteiger partial charge in [0.15, 0.2) is 0 Å². The topological polar surface area (TPSA) is 159 Å². The van der Waals surface area contributed by atoms with E-state index >= 15 is 0 Å². The first-order valence-corrected chi connectivity index (χ1v) is 12.3. The van der Waals surface area contributed by atoms with Crippen LogP contribution in [0.5, 0.6) is 0 Å². The van der Waals surface area contributed by atoms with Crippen LogP contribution in [-0.4, -0.2) is 77.5 Å². The Balaban J connectivity index is 0.00000408. The molecule has 3 atom stereocenters. The molecule has 1 saturated heterocycles. The maximum Gasteiger partial charge on any atom is 1.00 e. The summed E-state index contributed by atoms with van der Waals surface area (Å²) in [5.41, 5.74) is -0.338. The van der Waals surface area contributed by atoms with Gasteiger partial charge in [0, 0.05) is 25.4 Å². The van der Waals surface area contributed by atoms with Crippen LogP contribution in [0.1, 0.15) is 12.7 Å². The van der Waals surface area contributed by atoms with Crippen molar-refractivity contribution in [2.24, 2.45) is 0 Å². The van der Waals surface area contributed by atoms with Crippen molar-refractivity contribution < 1.29 is 72.1 Å². The SMILES string of the molecule is COP(=O)(N(C)C)[C@@]1(NC(=O)Cc2ccco2)C(=O)N2C(C(=O)[O-])=C(COC(C)=O)CS[C@@H]21.[Na+]. The molecule has 2 aliphatic rings. The molecular formula is C19H23N3NaO9PS. The van der Waals surface area contributed by atoms with Gasteiger partial charge in [0.05, 0.1) is 24.4 Å². The molecule has 2 amide bonds. The van der Waals surface area contributed by atoms with Gasteiger partial charge in [-0.3, -0.25) is 23.8 Å². The molecule has 0 bridgehead atoms. The second-order valence-electron chi connectivity index (χ2n) is 7.48. The molecule has 0 aromatic carbocycles. The van der Waals surface area contributed by atoms with Gasteiger partial charge in [0.2, 0.25) is 11.2 Å². The van der Waals surface area contributed by atoms with E-state index in [4.69, 9.17) is 13.7 Å². The molecule has 1 fully saturated rings. The molecule has 15 heteroatoms. The number of carboxylic acid groups (broad SMARTS) is 1. The fourth-order valence-electron chi connectivity index (χ4n) is 3.79. The van der Waals surface area contributed by atoms with Crippen molar-refractivity contribution in [2.45, 2.75) is 24.0 Å². The van der Waals surface area contributed by atoms with Gasteiger partial charge in [0.1, 0.15) is 17.7 Å². The first-order valence-electron chi connectivity index (χ1n) is 9.68. The second kappa shape index (κ2) is 11.0. The molecule has 1 unspecified atom stereocenters. The number of fused-ring (bicyclic) bond motifs is 1. The zero-order valence-corrected chi connectivity index (χ0v) is 23.1. The largest absolute Gasteiger partial charge is 1.00 e. The van der Waals surface area contributed by atoms with Crippen LogP contribution in [0.2, 0.25) is 0 Å². The number of aliphatic carboxylic acids is 1. The van der Waals surface area contributed by atoms with Crippen LogP contribution in [0.15, 0.2) is 34.1 Å². The molecule has 1 aromatic heterocycles. The zero-order chi connectivity index (χ0) is 24.6. The fraction of sp³-hybridized carbons (Fsp3) is 0.474. The summed E-state index contributed by atoms with van der Waals surface area (Å²) in [5, 5.41) is 11.3. The van der Waals surface area contributed by atoms with E-state index in [0.717, 1.165) is 23.8 Å². The van der Waals surface area contributed by atoms with Crippen LogP contribution in [0.3, 0.4) is 0 Å². The Kier molecular flexibility index (Phi) is 9.25. The van der Waals surface area contributed by atoms with E-state index in [1.165, 1.54) is 32.0 Å². The standard InChI is InChI=1S/C19H24N3O9PS.Na/c1-11(23)31-9-12-10-33-18-19(32(28,29-4)21(2)3,17(27)22(18)15(12)16(25)26)20-14(24)8-13-6-5-7-30-13;/h5-7,18H,8-10H2,1-4H3,(H,20,24)(H,25,26);/q;+1/p-1/t18-,19+,32?;/m1./s1. The molecule has 1 aromatic rings. The van der Waals surface area contributed by atoms with E-state index in [9.17, 15) is 28.8 Å². The molecule has 34 heavy (non-hydrogen) atoms. The van der Waals surface area contributed by atoms with Crippen LogP contribution < -0.4 is 40.0 Å². The Morgan fingerprint density at radius 1 is 1.41 bits per heavy atom. The van der Waals surface area contributed by atoms with Crippen molar-refractivity contribution in [3.63, 3.8) is 0 Å². The second-order valence-corrected chi connectivity index (χ2v) is 11.5. The molecule has 3 heterocycles. The van der Waals surface area contributed by atoms with Crippen LogP contribution in [0, 0.1) is 0 Å². The Labute approximate surface area is 222 Å². The van der Waals surface area contributed by atoms with Gasteiger partial charge < -0.3 is 28.9 Å². The minimum Gasteiger partial charge on any atom is -0.543 e. The fourth-order valence-corrected chi connectivity index (χ4v) is 8.00. The van der Waals surface area contributed by atoms with Gasteiger partial charge in [-0.2, -0.15) is 0 Å². The van der Waals surface area contributed by atoms with Crippen molar-refractivity contribution in [3.05, 3.63) is 35.4 Å². The molecule has 0 saturated carbocycles. The summed E-state index contributed by atoms with van der Waals surface area (Å²) in [5.74, 6) is -3.55. The van der Waals surface area contributed by atoms with Gasteiger partial charge in [-0.25, -0.2) is 4.67 Å². The van der Waals surface area contributed by atoms with Crippen molar-refractivity contribution >= 4 is 43.0 Å². The molecule has 12 nitrogen and oxygen atoms in total. The van der Waals surface area contributed by atoms with Gasteiger partial charge >= 0.3 is 43.0 Å². The first kappa shape index (κ1) is 28.6. The minimum atomic E-state index is -4.07. The smallest absolute Gasteiger partial charge is 0.543 e. The first-order chi connectivity index (χ1) is 15.5. The van der Waals surface area contributed by atoms with E-state index in [1.54, 1.807) is 12.1 Å². The summed E-state index contributed by atoms with van der Waals surface area (Å²) in [6.45, 7) is 0.813. The van der Waals surface area contributed by atoms with E-state index in [1.807, 2.05) is 0 Å². The number of esters is 1. The number of carbonyl (C=O) groups excluding carboxylic acids is 4. The van der Waals surface area contributed by atoms with Gasteiger partial charge in [-0.15, -0.1) is 11.8 Å². The van der Waals surface area contributed by atoms with Crippen molar-refractivity contribution in [1.82, 2.24) is 14.9 Å². The minimum absolute atomic E-state index is 0. The monoisotopic (exact) mass is 523 g/mol. The van der Waals surface area contributed by atoms with E-state index in [0.29, 0.717) is 5.76 Å². The summed E-state index contributed by atoms with van der Waals surface area (Å²) in [4.78, 5) is 50.4. The number of rotatable bonds is 9. The van der Waals surface area contributed by atoms with Crippen molar-refractivity contribution in [2.75, 3.05) is 33.6 Å². The molecule has 2 aliphatic heterocycles. The summed E-state index contributed by atoms with van der Waals surface area (Å²) in [6, 6.07) is 3.16. The molecule has 3 rings (SSSR count). The summed E-state index contributed by atoms with van der Waals surface area (Å²) in [7, 11) is -0.0690. The number of carboxylic acids is 1. The molecule has 0 spiro atoms. The van der Waals surface area contributed by atoms with Gasteiger partial charge in [-0.05, 0) is 26.2 Å². The third-order valence-corrected chi connectivity index (χ3v) is 9.79. The summed E-state index contributed by atoms with van der Waals surface area (Å²) in [6.07, 6.45) is 1.14. The number of β-lactam (4-membered cyclic amide) rings is 1. The molecule has 1 N–H and O–H groups in total. The number of nitrogens with zero attached hydrogens (tertiary/aromatic N) is 2. The average Bonchev–Trinajstić information content (AvgIpc) is 3.26. The number of furan rings is 1. The van der Waals surface area contributed by atoms with Gasteiger partial charge in [0.25, 0.3) is 5.91 Å². The molecule has 180 valence electrons.